The van der Waals surface area contributed by atoms with Crippen LogP contribution < -0.4 is 0 Å². The van der Waals surface area contributed by atoms with Crippen molar-refractivity contribution in [3.63, 3.8) is 0 Å². The highest BCUT2D eigenvalue weighted by Gasteiger charge is 2.50. The normalized spacial score (nSPS) is 46.9. The van der Waals surface area contributed by atoms with E-state index in [2.05, 4.69) is 0 Å². The molecule has 0 aromatic rings. The molecule has 142 valence electrons. The van der Waals surface area contributed by atoms with E-state index >= 15 is 0 Å². The van der Waals surface area contributed by atoms with Gasteiger partial charge in [-0.05, 0) is 18.8 Å². The highest BCUT2D eigenvalue weighted by molar-refractivity contribution is 5.87. The van der Waals surface area contributed by atoms with Gasteiger partial charge in [0, 0.05) is 11.8 Å². The van der Waals surface area contributed by atoms with Crippen molar-refractivity contribution < 1.29 is 44.5 Å². The number of carboxylic acid groups (broad SMARTS) is 1. The topological polar surface area (TPSA) is 146 Å². The van der Waals surface area contributed by atoms with Crippen molar-refractivity contribution in [2.24, 2.45) is 17.8 Å². The van der Waals surface area contributed by atoms with Crippen LogP contribution in [0.3, 0.4) is 0 Å². The lowest BCUT2D eigenvalue weighted by molar-refractivity contribution is -0.342. The van der Waals surface area contributed by atoms with Crippen LogP contribution in [-0.2, 0) is 19.0 Å². The van der Waals surface area contributed by atoms with Crippen LogP contribution in [0.1, 0.15) is 19.8 Å². The van der Waals surface area contributed by atoms with Crippen LogP contribution >= 0.6 is 0 Å². The first-order chi connectivity index (χ1) is 11.8. The maximum atomic E-state index is 11.4. The van der Waals surface area contributed by atoms with E-state index in [9.17, 15) is 30.3 Å². The van der Waals surface area contributed by atoms with Gasteiger partial charge in [-0.2, -0.15) is 0 Å². The molecule has 0 radical (unpaired) electrons. The molecule has 5 N–H and O–H groups in total. The standard InChI is InChI=1S/C16H24O9/c1-6-2-3-7-8(14(21)22)5-23-15(10(6)7)25-16-13(20)12(19)11(18)9(4-17)24-16/h5-7,9-13,15-20H,2-4H2,1H3,(H,21,22)/t6-,7-,9-,10?,11-,12+,13-,15+,16+/m1/s1. The van der Waals surface area contributed by atoms with Gasteiger partial charge in [0.1, 0.15) is 24.4 Å². The molecule has 3 aliphatic rings. The third kappa shape index (κ3) is 3.27. The van der Waals surface area contributed by atoms with Gasteiger partial charge in [0.05, 0.1) is 18.4 Å². The number of hydrogen-bond acceptors (Lipinski definition) is 8. The van der Waals surface area contributed by atoms with Crippen molar-refractivity contribution in [3.8, 4) is 0 Å². The minimum absolute atomic E-state index is 0.142. The third-order valence-electron chi connectivity index (χ3n) is 5.46. The van der Waals surface area contributed by atoms with E-state index in [0.29, 0.717) is 6.42 Å². The molecule has 9 heteroatoms. The molecule has 9 nitrogen and oxygen atoms in total. The SMILES string of the molecule is C[C@@H]1CC[C@@H]2C(C(=O)O)=CO[C@@H](O[C@@H]3O[C@H](CO)[C@@H](O)[C@H](O)[C@H]3O)C12. The number of aliphatic hydroxyl groups excluding tert-OH is 4. The molecule has 1 saturated carbocycles. The van der Waals surface area contributed by atoms with Crippen LogP contribution in [0, 0.1) is 17.8 Å². The van der Waals surface area contributed by atoms with Gasteiger partial charge in [-0.25, -0.2) is 4.79 Å². The van der Waals surface area contributed by atoms with E-state index in [4.69, 9.17) is 14.2 Å². The summed E-state index contributed by atoms with van der Waals surface area (Å²) in [7, 11) is 0. The van der Waals surface area contributed by atoms with E-state index in [1.807, 2.05) is 6.92 Å². The molecule has 0 bridgehead atoms. The first-order valence-electron chi connectivity index (χ1n) is 8.40. The average molecular weight is 360 g/mol. The van der Waals surface area contributed by atoms with E-state index < -0.39 is 49.6 Å². The lowest BCUT2D eigenvalue weighted by atomic mass is 9.83. The molecule has 1 aliphatic carbocycles. The molecule has 9 atom stereocenters. The number of aliphatic carboxylic acids is 1. The Morgan fingerprint density at radius 3 is 2.56 bits per heavy atom. The largest absolute Gasteiger partial charge is 0.478 e. The molecule has 0 aromatic carbocycles. The molecule has 0 aromatic heterocycles. The summed E-state index contributed by atoms with van der Waals surface area (Å²) in [6.07, 6.45) is -5.10. The number of hydrogen-bond donors (Lipinski definition) is 5. The number of carbonyl (C=O) groups is 1. The third-order valence-corrected chi connectivity index (χ3v) is 5.46. The molecule has 0 amide bonds. The van der Waals surface area contributed by atoms with Crippen molar-refractivity contribution in [2.45, 2.75) is 56.8 Å². The summed E-state index contributed by atoms with van der Waals surface area (Å²) >= 11 is 0. The number of rotatable bonds is 4. The number of ether oxygens (including phenoxy) is 3. The van der Waals surface area contributed by atoms with Crippen molar-refractivity contribution in [1.82, 2.24) is 0 Å². The number of aliphatic hydroxyl groups is 4. The fourth-order valence-electron chi connectivity index (χ4n) is 4.01. The number of fused-ring (bicyclic) bond motifs is 1. The summed E-state index contributed by atoms with van der Waals surface area (Å²) in [5.74, 6) is -1.35. The van der Waals surface area contributed by atoms with Gasteiger partial charge in [-0.1, -0.05) is 6.92 Å². The second kappa shape index (κ2) is 7.18. The van der Waals surface area contributed by atoms with Crippen LogP contribution in [0.25, 0.3) is 0 Å². The lowest BCUT2D eigenvalue weighted by Crippen LogP contribution is -2.60. The highest BCUT2D eigenvalue weighted by atomic mass is 16.8. The molecule has 0 spiro atoms. The fraction of sp³-hybridized carbons (Fsp3) is 0.812. The van der Waals surface area contributed by atoms with E-state index in [1.54, 1.807) is 0 Å². The van der Waals surface area contributed by atoms with Gasteiger partial charge in [-0.3, -0.25) is 0 Å². The Morgan fingerprint density at radius 2 is 1.92 bits per heavy atom. The maximum absolute atomic E-state index is 11.4. The van der Waals surface area contributed by atoms with Crippen molar-refractivity contribution in [3.05, 3.63) is 11.8 Å². The number of carboxylic acids is 1. The van der Waals surface area contributed by atoms with Gasteiger partial charge in [-0.15, -0.1) is 0 Å². The quantitative estimate of drug-likeness (QED) is 0.417. The molecular weight excluding hydrogens is 336 g/mol. The Labute approximate surface area is 144 Å². The minimum Gasteiger partial charge on any atom is -0.478 e. The maximum Gasteiger partial charge on any atom is 0.334 e. The highest BCUT2D eigenvalue weighted by Crippen LogP contribution is 2.47. The molecular formula is C16H24O9. The van der Waals surface area contributed by atoms with Gasteiger partial charge in [0.25, 0.3) is 0 Å². The van der Waals surface area contributed by atoms with Crippen LogP contribution in [0.2, 0.25) is 0 Å². The smallest absolute Gasteiger partial charge is 0.334 e. The van der Waals surface area contributed by atoms with Crippen LogP contribution in [0.4, 0.5) is 0 Å². The van der Waals surface area contributed by atoms with Crippen LogP contribution in [0.15, 0.2) is 11.8 Å². The second-order valence-corrected chi connectivity index (χ2v) is 6.95. The Morgan fingerprint density at radius 1 is 1.20 bits per heavy atom. The zero-order chi connectivity index (χ0) is 18.3. The Hall–Kier alpha value is -1.23. The monoisotopic (exact) mass is 360 g/mol. The van der Waals surface area contributed by atoms with Gasteiger partial charge in [0.15, 0.2) is 6.29 Å². The van der Waals surface area contributed by atoms with E-state index in [1.165, 1.54) is 0 Å². The van der Waals surface area contributed by atoms with Crippen molar-refractivity contribution in [2.75, 3.05) is 6.61 Å². The summed E-state index contributed by atoms with van der Waals surface area (Å²) in [6.45, 7) is 1.42. The summed E-state index contributed by atoms with van der Waals surface area (Å²) < 4.78 is 16.5. The summed E-state index contributed by atoms with van der Waals surface area (Å²) in [5.41, 5.74) is 0.197. The molecule has 2 fully saturated rings. The first-order valence-corrected chi connectivity index (χ1v) is 8.40. The van der Waals surface area contributed by atoms with Gasteiger partial charge >= 0.3 is 5.97 Å². The molecule has 2 aliphatic heterocycles. The molecule has 3 rings (SSSR count). The lowest BCUT2D eigenvalue weighted by Gasteiger charge is -2.43. The Balaban J connectivity index is 1.77. The van der Waals surface area contributed by atoms with Crippen molar-refractivity contribution in [1.29, 1.82) is 0 Å². The van der Waals surface area contributed by atoms with E-state index in [-0.39, 0.29) is 23.3 Å². The fourth-order valence-corrected chi connectivity index (χ4v) is 4.01. The zero-order valence-electron chi connectivity index (χ0n) is 13.8. The summed E-state index contributed by atoms with van der Waals surface area (Å²) in [4.78, 5) is 11.4. The summed E-state index contributed by atoms with van der Waals surface area (Å²) in [5, 5.41) is 48.3. The summed E-state index contributed by atoms with van der Waals surface area (Å²) in [6, 6.07) is 0. The first kappa shape index (κ1) is 18.6. The second-order valence-electron chi connectivity index (χ2n) is 6.95. The van der Waals surface area contributed by atoms with E-state index in [0.717, 1.165) is 12.7 Å². The Bertz CT molecular complexity index is 534. The van der Waals surface area contributed by atoms with Crippen molar-refractivity contribution >= 4 is 5.97 Å². The Kier molecular flexibility index (Phi) is 5.33. The minimum atomic E-state index is -1.54. The van der Waals surface area contributed by atoms with Gasteiger partial charge < -0.3 is 39.7 Å². The van der Waals surface area contributed by atoms with Crippen LogP contribution in [0.5, 0.6) is 0 Å². The zero-order valence-corrected chi connectivity index (χ0v) is 13.8. The molecule has 1 saturated heterocycles. The molecule has 25 heavy (non-hydrogen) atoms. The van der Waals surface area contributed by atoms with Crippen LogP contribution in [-0.4, -0.2) is 75.1 Å². The average Bonchev–Trinajstić information content (AvgIpc) is 2.97. The molecule has 1 unspecified atom stereocenters. The molecule has 2 heterocycles. The predicted octanol–water partition coefficient (Wildman–Crippen LogP) is -1.21. The predicted molar refractivity (Wildman–Crippen MR) is 80.8 cm³/mol. The van der Waals surface area contributed by atoms with Gasteiger partial charge in [0.2, 0.25) is 6.29 Å².